The zero-order valence-electron chi connectivity index (χ0n) is 10.6. The Labute approximate surface area is 107 Å². The molecule has 0 atom stereocenters. The van der Waals surface area contributed by atoms with E-state index in [4.69, 9.17) is 5.73 Å². The molecular formula is C12H18N2O3S. The summed E-state index contributed by atoms with van der Waals surface area (Å²) in [6.07, 6.45) is 0. The van der Waals surface area contributed by atoms with Crippen molar-refractivity contribution in [1.29, 1.82) is 0 Å². The summed E-state index contributed by atoms with van der Waals surface area (Å²) in [6.45, 7) is 3.49. The van der Waals surface area contributed by atoms with Crippen LogP contribution in [-0.2, 0) is 9.84 Å². The second kappa shape index (κ2) is 5.86. The van der Waals surface area contributed by atoms with Crippen LogP contribution in [0.1, 0.15) is 22.8 Å². The molecule has 6 heteroatoms. The Hall–Kier alpha value is -1.56. The Morgan fingerprint density at radius 1 is 1.39 bits per heavy atom. The molecule has 1 aromatic rings. The highest BCUT2D eigenvalue weighted by molar-refractivity contribution is 7.91. The van der Waals surface area contributed by atoms with Gasteiger partial charge in [0.1, 0.15) is 0 Å². The quantitative estimate of drug-likeness (QED) is 0.772. The van der Waals surface area contributed by atoms with E-state index in [1.54, 1.807) is 19.1 Å². The first-order chi connectivity index (χ1) is 8.37. The van der Waals surface area contributed by atoms with Gasteiger partial charge in [0, 0.05) is 18.0 Å². The molecule has 0 aliphatic carbocycles. The van der Waals surface area contributed by atoms with Gasteiger partial charge in [-0.25, -0.2) is 8.42 Å². The normalized spacial score (nSPS) is 11.2. The molecule has 0 aliphatic rings. The average molecular weight is 270 g/mol. The number of benzene rings is 1. The maximum absolute atomic E-state index is 11.8. The number of rotatable bonds is 5. The highest BCUT2D eigenvalue weighted by atomic mass is 32.2. The van der Waals surface area contributed by atoms with Crippen LogP contribution in [0.5, 0.6) is 0 Å². The monoisotopic (exact) mass is 270 g/mol. The molecule has 0 bridgehead atoms. The lowest BCUT2D eigenvalue weighted by atomic mass is 10.1. The lowest BCUT2D eigenvalue weighted by Gasteiger charge is -2.09. The van der Waals surface area contributed by atoms with Crippen LogP contribution in [0.25, 0.3) is 0 Å². The predicted molar refractivity (Wildman–Crippen MR) is 72.3 cm³/mol. The van der Waals surface area contributed by atoms with Crippen molar-refractivity contribution < 1.29 is 13.2 Å². The summed E-state index contributed by atoms with van der Waals surface area (Å²) in [5.41, 5.74) is 7.41. The molecule has 1 aromatic carbocycles. The Balaban J connectivity index is 2.64. The van der Waals surface area contributed by atoms with Crippen molar-refractivity contribution >= 4 is 21.4 Å². The van der Waals surface area contributed by atoms with E-state index in [0.717, 1.165) is 5.56 Å². The molecule has 1 amide bonds. The fourth-order valence-corrected chi connectivity index (χ4v) is 2.14. The SMILES string of the molecule is CCS(=O)(=O)CCNC(=O)c1cccc(C)c1N. The van der Waals surface area contributed by atoms with Gasteiger partial charge >= 0.3 is 0 Å². The molecule has 0 spiro atoms. The molecule has 100 valence electrons. The maximum Gasteiger partial charge on any atom is 0.253 e. The molecule has 0 fully saturated rings. The van der Waals surface area contributed by atoms with Gasteiger partial charge < -0.3 is 11.1 Å². The van der Waals surface area contributed by atoms with Crippen molar-refractivity contribution in [3.8, 4) is 0 Å². The topological polar surface area (TPSA) is 89.3 Å². The fourth-order valence-electron chi connectivity index (χ4n) is 1.44. The number of para-hydroxylation sites is 1. The third-order valence-electron chi connectivity index (χ3n) is 2.71. The van der Waals surface area contributed by atoms with Crippen molar-refractivity contribution in [2.45, 2.75) is 13.8 Å². The minimum absolute atomic E-state index is 0.0546. The predicted octanol–water partition coefficient (Wildman–Crippen LogP) is 0.742. The molecule has 0 aromatic heterocycles. The van der Waals surface area contributed by atoms with Gasteiger partial charge in [0.25, 0.3) is 5.91 Å². The van der Waals surface area contributed by atoms with Crippen molar-refractivity contribution in [3.63, 3.8) is 0 Å². The molecular weight excluding hydrogens is 252 g/mol. The van der Waals surface area contributed by atoms with Crippen LogP contribution in [0.15, 0.2) is 18.2 Å². The smallest absolute Gasteiger partial charge is 0.253 e. The molecule has 18 heavy (non-hydrogen) atoms. The first-order valence-corrected chi connectivity index (χ1v) is 7.53. The number of amides is 1. The highest BCUT2D eigenvalue weighted by Crippen LogP contribution is 2.15. The van der Waals surface area contributed by atoms with Crippen LogP contribution in [-0.4, -0.2) is 32.4 Å². The molecule has 0 aliphatic heterocycles. The van der Waals surface area contributed by atoms with Crippen LogP contribution < -0.4 is 11.1 Å². The Morgan fingerprint density at radius 3 is 2.67 bits per heavy atom. The zero-order valence-corrected chi connectivity index (χ0v) is 11.4. The fraction of sp³-hybridized carbons (Fsp3) is 0.417. The summed E-state index contributed by atoms with van der Waals surface area (Å²) < 4.78 is 22.5. The third kappa shape index (κ3) is 3.73. The zero-order chi connectivity index (χ0) is 13.8. The number of hydrogen-bond acceptors (Lipinski definition) is 4. The number of nitrogens with two attached hydrogens (primary N) is 1. The van der Waals surface area contributed by atoms with E-state index < -0.39 is 9.84 Å². The van der Waals surface area contributed by atoms with Crippen LogP contribution in [0.3, 0.4) is 0 Å². The van der Waals surface area contributed by atoms with E-state index in [9.17, 15) is 13.2 Å². The number of hydrogen-bond donors (Lipinski definition) is 2. The van der Waals surface area contributed by atoms with E-state index in [1.807, 2.05) is 13.0 Å². The lowest BCUT2D eigenvalue weighted by molar-refractivity contribution is 0.0957. The number of carbonyl (C=O) groups is 1. The summed E-state index contributed by atoms with van der Waals surface area (Å²) in [5, 5.41) is 2.56. The molecule has 0 saturated carbocycles. The third-order valence-corrected chi connectivity index (χ3v) is 4.41. The van der Waals surface area contributed by atoms with Crippen LogP contribution >= 0.6 is 0 Å². The molecule has 0 saturated heterocycles. The first-order valence-electron chi connectivity index (χ1n) is 5.71. The van der Waals surface area contributed by atoms with Crippen LogP contribution in [0, 0.1) is 6.92 Å². The van der Waals surface area contributed by atoms with Gasteiger partial charge in [0.2, 0.25) is 0 Å². The van der Waals surface area contributed by atoms with Gasteiger partial charge in [-0.3, -0.25) is 4.79 Å². The minimum atomic E-state index is -3.06. The van der Waals surface area contributed by atoms with Gasteiger partial charge in [-0.2, -0.15) is 0 Å². The summed E-state index contributed by atoms with van der Waals surface area (Å²) in [4.78, 5) is 11.8. The number of nitrogen functional groups attached to an aromatic ring is 1. The second-order valence-corrected chi connectivity index (χ2v) is 6.50. The largest absolute Gasteiger partial charge is 0.398 e. The lowest BCUT2D eigenvalue weighted by Crippen LogP contribution is -2.30. The van der Waals surface area contributed by atoms with Gasteiger partial charge in [0.15, 0.2) is 9.84 Å². The summed E-state index contributed by atoms with van der Waals surface area (Å²) in [7, 11) is -3.06. The molecule has 1 rings (SSSR count). The van der Waals surface area contributed by atoms with Gasteiger partial charge in [-0.15, -0.1) is 0 Å². The van der Waals surface area contributed by atoms with E-state index >= 15 is 0 Å². The van der Waals surface area contributed by atoms with Crippen molar-refractivity contribution in [1.82, 2.24) is 5.32 Å². The number of nitrogens with one attached hydrogen (secondary N) is 1. The number of carbonyl (C=O) groups excluding carboxylic acids is 1. The molecule has 5 nitrogen and oxygen atoms in total. The number of aryl methyl sites for hydroxylation is 1. The number of anilines is 1. The van der Waals surface area contributed by atoms with E-state index in [0.29, 0.717) is 11.3 Å². The molecule has 0 radical (unpaired) electrons. The average Bonchev–Trinajstić information content (AvgIpc) is 2.32. The van der Waals surface area contributed by atoms with Gasteiger partial charge in [0.05, 0.1) is 11.3 Å². The van der Waals surface area contributed by atoms with Crippen LogP contribution in [0.4, 0.5) is 5.69 Å². The second-order valence-electron chi connectivity index (χ2n) is 4.03. The highest BCUT2D eigenvalue weighted by Gasteiger charge is 2.12. The van der Waals surface area contributed by atoms with Crippen LogP contribution in [0.2, 0.25) is 0 Å². The van der Waals surface area contributed by atoms with E-state index in [-0.39, 0.29) is 24.0 Å². The summed E-state index contributed by atoms with van der Waals surface area (Å²) in [6, 6.07) is 5.17. The Bertz CT molecular complexity index is 538. The van der Waals surface area contributed by atoms with Gasteiger partial charge in [-0.1, -0.05) is 19.1 Å². The van der Waals surface area contributed by atoms with E-state index in [1.165, 1.54) is 0 Å². The Kier molecular flexibility index (Phi) is 4.72. The Morgan fingerprint density at radius 2 is 2.06 bits per heavy atom. The number of sulfone groups is 1. The van der Waals surface area contributed by atoms with E-state index in [2.05, 4.69) is 5.32 Å². The minimum Gasteiger partial charge on any atom is -0.398 e. The van der Waals surface area contributed by atoms with Gasteiger partial charge in [-0.05, 0) is 18.6 Å². The van der Waals surface area contributed by atoms with Crippen molar-refractivity contribution in [3.05, 3.63) is 29.3 Å². The molecule has 0 heterocycles. The summed E-state index contributed by atoms with van der Waals surface area (Å²) in [5.74, 6) is -0.321. The first kappa shape index (κ1) is 14.5. The molecule has 3 N–H and O–H groups in total. The standard InChI is InChI=1S/C12H18N2O3S/c1-3-18(16,17)8-7-14-12(15)10-6-4-5-9(2)11(10)13/h4-6H,3,7-8,13H2,1-2H3,(H,14,15). The summed E-state index contributed by atoms with van der Waals surface area (Å²) >= 11 is 0. The molecule has 0 unspecified atom stereocenters. The van der Waals surface area contributed by atoms with Crippen molar-refractivity contribution in [2.24, 2.45) is 0 Å². The van der Waals surface area contributed by atoms with Crippen molar-refractivity contribution in [2.75, 3.05) is 23.8 Å². The maximum atomic E-state index is 11.8.